The minimum atomic E-state index is 0.153. The fourth-order valence-corrected chi connectivity index (χ4v) is 3.44. The highest BCUT2D eigenvalue weighted by molar-refractivity contribution is 9.10. The average Bonchev–Trinajstić information content (AvgIpc) is 3.01. The molecule has 1 fully saturated rings. The molecule has 0 saturated carbocycles. The second kappa shape index (κ2) is 6.76. The minimum Gasteiger partial charge on any atom is -0.345 e. The van der Waals surface area contributed by atoms with Gasteiger partial charge in [-0.05, 0) is 47.4 Å². The zero-order valence-corrected chi connectivity index (χ0v) is 14.2. The highest BCUT2D eigenvalue weighted by Crippen LogP contribution is 2.21. The van der Waals surface area contributed by atoms with Crippen LogP contribution in [0.4, 0.5) is 0 Å². The zero-order chi connectivity index (χ0) is 14.7. The number of likely N-dealkylation sites (tertiary alicyclic amines) is 1. The SMILES string of the molecule is CCN(CC)C[C@H]1CCN(C(=O)c2cc(Br)cn2C)C1. The molecule has 2 heterocycles. The lowest BCUT2D eigenvalue weighted by Crippen LogP contribution is -2.33. The van der Waals surface area contributed by atoms with Crippen molar-refractivity contribution >= 4 is 21.8 Å². The number of halogens is 1. The van der Waals surface area contributed by atoms with E-state index in [0.717, 1.165) is 49.3 Å². The van der Waals surface area contributed by atoms with Crippen LogP contribution in [0.3, 0.4) is 0 Å². The standard InChI is InChI=1S/C15H24BrN3O/c1-4-18(5-2)9-12-6-7-19(10-12)15(20)14-8-13(16)11-17(14)3/h8,11-12H,4-7,9-10H2,1-3H3/t12-/m1/s1. The molecule has 0 aliphatic carbocycles. The van der Waals surface area contributed by atoms with Crippen molar-refractivity contribution in [2.24, 2.45) is 13.0 Å². The van der Waals surface area contributed by atoms with E-state index in [4.69, 9.17) is 0 Å². The molecule has 1 saturated heterocycles. The van der Waals surface area contributed by atoms with Gasteiger partial charge in [-0.15, -0.1) is 0 Å². The van der Waals surface area contributed by atoms with Crippen LogP contribution in [0.15, 0.2) is 16.7 Å². The third-order valence-corrected chi connectivity index (χ3v) is 4.61. The molecular formula is C15H24BrN3O. The molecule has 1 aromatic rings. The van der Waals surface area contributed by atoms with E-state index in [1.54, 1.807) is 0 Å². The molecule has 0 unspecified atom stereocenters. The normalized spacial score (nSPS) is 19.1. The summed E-state index contributed by atoms with van der Waals surface area (Å²) >= 11 is 3.42. The predicted molar refractivity (Wildman–Crippen MR) is 84.9 cm³/mol. The van der Waals surface area contributed by atoms with E-state index in [9.17, 15) is 4.79 Å². The van der Waals surface area contributed by atoms with Crippen LogP contribution in [0.1, 0.15) is 30.8 Å². The van der Waals surface area contributed by atoms with Crippen LogP contribution in [-0.2, 0) is 7.05 Å². The van der Waals surface area contributed by atoms with Gasteiger partial charge in [0.2, 0.25) is 0 Å². The molecule has 112 valence electrons. The number of aromatic nitrogens is 1. The molecule has 0 aromatic carbocycles. The zero-order valence-electron chi connectivity index (χ0n) is 12.6. The molecular weight excluding hydrogens is 318 g/mol. The van der Waals surface area contributed by atoms with Gasteiger partial charge in [0.15, 0.2) is 0 Å². The van der Waals surface area contributed by atoms with Crippen LogP contribution >= 0.6 is 15.9 Å². The molecule has 1 aliphatic rings. The Balaban J connectivity index is 1.95. The highest BCUT2D eigenvalue weighted by Gasteiger charge is 2.28. The van der Waals surface area contributed by atoms with Crippen molar-refractivity contribution in [3.63, 3.8) is 0 Å². The predicted octanol–water partition coefficient (Wildman–Crippen LogP) is 2.59. The third kappa shape index (κ3) is 3.44. The van der Waals surface area contributed by atoms with Crippen LogP contribution in [0, 0.1) is 5.92 Å². The fraction of sp³-hybridized carbons (Fsp3) is 0.667. The summed E-state index contributed by atoms with van der Waals surface area (Å²) in [5.41, 5.74) is 0.764. The Hall–Kier alpha value is -0.810. The Morgan fingerprint density at radius 1 is 1.45 bits per heavy atom. The molecule has 5 heteroatoms. The van der Waals surface area contributed by atoms with Gasteiger partial charge in [-0.3, -0.25) is 4.79 Å². The molecule has 2 rings (SSSR count). The van der Waals surface area contributed by atoms with Gasteiger partial charge in [0.05, 0.1) is 0 Å². The van der Waals surface area contributed by atoms with E-state index in [-0.39, 0.29) is 5.91 Å². The third-order valence-electron chi connectivity index (χ3n) is 4.17. The van der Waals surface area contributed by atoms with Gasteiger partial charge in [-0.25, -0.2) is 0 Å². The summed E-state index contributed by atoms with van der Waals surface area (Å²) in [6, 6.07) is 1.90. The Morgan fingerprint density at radius 3 is 2.70 bits per heavy atom. The molecule has 1 amide bonds. The van der Waals surface area contributed by atoms with Gasteiger partial charge < -0.3 is 14.4 Å². The Bertz CT molecular complexity index is 468. The maximum atomic E-state index is 12.5. The summed E-state index contributed by atoms with van der Waals surface area (Å²) < 4.78 is 2.85. The van der Waals surface area contributed by atoms with Crippen molar-refractivity contribution in [3.8, 4) is 0 Å². The van der Waals surface area contributed by atoms with Gasteiger partial charge in [-0.2, -0.15) is 0 Å². The highest BCUT2D eigenvalue weighted by atomic mass is 79.9. The summed E-state index contributed by atoms with van der Waals surface area (Å²) in [6.45, 7) is 9.45. The van der Waals surface area contributed by atoms with E-state index >= 15 is 0 Å². The summed E-state index contributed by atoms with van der Waals surface area (Å²) in [7, 11) is 1.92. The van der Waals surface area contributed by atoms with E-state index in [2.05, 4.69) is 34.7 Å². The van der Waals surface area contributed by atoms with E-state index in [1.807, 2.05) is 28.8 Å². The molecule has 20 heavy (non-hydrogen) atoms. The lowest BCUT2D eigenvalue weighted by Gasteiger charge is -2.22. The van der Waals surface area contributed by atoms with Crippen molar-refractivity contribution in [3.05, 3.63) is 22.4 Å². The second-order valence-corrected chi connectivity index (χ2v) is 6.46. The van der Waals surface area contributed by atoms with Gasteiger partial charge in [-0.1, -0.05) is 13.8 Å². The van der Waals surface area contributed by atoms with Gasteiger partial charge in [0.25, 0.3) is 5.91 Å². The van der Waals surface area contributed by atoms with Crippen molar-refractivity contribution < 1.29 is 4.79 Å². The van der Waals surface area contributed by atoms with Crippen molar-refractivity contribution in [2.75, 3.05) is 32.7 Å². The molecule has 4 nitrogen and oxygen atoms in total. The number of nitrogens with zero attached hydrogens (tertiary/aromatic N) is 3. The largest absolute Gasteiger partial charge is 0.345 e. The van der Waals surface area contributed by atoms with Gasteiger partial charge >= 0.3 is 0 Å². The summed E-state index contributed by atoms with van der Waals surface area (Å²) in [4.78, 5) is 17.0. The number of aryl methyl sites for hydroxylation is 1. The lowest BCUT2D eigenvalue weighted by molar-refractivity contribution is 0.0774. The van der Waals surface area contributed by atoms with Crippen LogP contribution in [0.2, 0.25) is 0 Å². The van der Waals surface area contributed by atoms with E-state index in [1.165, 1.54) is 0 Å². The lowest BCUT2D eigenvalue weighted by atomic mass is 10.1. The van der Waals surface area contributed by atoms with Crippen LogP contribution < -0.4 is 0 Å². The first kappa shape index (κ1) is 15.6. The number of carbonyl (C=O) groups excluding carboxylic acids is 1. The quantitative estimate of drug-likeness (QED) is 0.823. The average molecular weight is 342 g/mol. The Labute approximate surface area is 129 Å². The molecule has 0 N–H and O–H groups in total. The molecule has 0 bridgehead atoms. The van der Waals surface area contributed by atoms with Gasteiger partial charge in [0, 0.05) is 37.4 Å². The first-order valence-corrected chi connectivity index (χ1v) is 8.17. The molecule has 1 atom stereocenters. The van der Waals surface area contributed by atoms with Crippen molar-refractivity contribution in [2.45, 2.75) is 20.3 Å². The number of hydrogen-bond acceptors (Lipinski definition) is 2. The summed E-state index contributed by atoms with van der Waals surface area (Å²) in [5, 5.41) is 0. The summed E-state index contributed by atoms with van der Waals surface area (Å²) in [6.07, 6.45) is 3.05. The van der Waals surface area contributed by atoms with Crippen LogP contribution in [0.25, 0.3) is 0 Å². The topological polar surface area (TPSA) is 28.5 Å². The first-order chi connectivity index (χ1) is 9.55. The maximum Gasteiger partial charge on any atom is 0.270 e. The van der Waals surface area contributed by atoms with Crippen molar-refractivity contribution in [1.29, 1.82) is 0 Å². The van der Waals surface area contributed by atoms with E-state index in [0.29, 0.717) is 5.92 Å². The fourth-order valence-electron chi connectivity index (χ4n) is 2.91. The number of hydrogen-bond donors (Lipinski definition) is 0. The van der Waals surface area contributed by atoms with Crippen molar-refractivity contribution in [1.82, 2.24) is 14.4 Å². The number of carbonyl (C=O) groups is 1. The molecule has 0 spiro atoms. The Morgan fingerprint density at radius 2 is 2.15 bits per heavy atom. The van der Waals surface area contributed by atoms with Crippen LogP contribution in [-0.4, -0.2) is 53.0 Å². The molecule has 1 aromatic heterocycles. The smallest absolute Gasteiger partial charge is 0.270 e. The first-order valence-electron chi connectivity index (χ1n) is 7.38. The molecule has 1 aliphatic heterocycles. The maximum absolute atomic E-state index is 12.5. The Kier molecular flexibility index (Phi) is 5.27. The van der Waals surface area contributed by atoms with Crippen LogP contribution in [0.5, 0.6) is 0 Å². The minimum absolute atomic E-state index is 0.153. The van der Waals surface area contributed by atoms with Gasteiger partial charge in [0.1, 0.15) is 5.69 Å². The van der Waals surface area contributed by atoms with E-state index < -0.39 is 0 Å². The number of amides is 1. The number of rotatable bonds is 5. The summed E-state index contributed by atoms with van der Waals surface area (Å²) in [5.74, 6) is 0.766. The monoisotopic (exact) mass is 341 g/mol. The molecule has 0 radical (unpaired) electrons. The second-order valence-electron chi connectivity index (χ2n) is 5.55.